The summed E-state index contributed by atoms with van der Waals surface area (Å²) in [7, 11) is 0. The van der Waals surface area contributed by atoms with E-state index in [1.807, 2.05) is 0 Å². The molecule has 0 saturated carbocycles. The van der Waals surface area contributed by atoms with E-state index < -0.39 is 0 Å². The van der Waals surface area contributed by atoms with Gasteiger partial charge in [-0.15, -0.1) is 0 Å². The van der Waals surface area contributed by atoms with Crippen LogP contribution in [0.5, 0.6) is 0 Å². The van der Waals surface area contributed by atoms with Gasteiger partial charge in [0.1, 0.15) is 0 Å². The molecule has 310 valence electrons. The van der Waals surface area contributed by atoms with Crippen LogP contribution in [0.3, 0.4) is 0 Å². The monoisotopic (exact) mass is 797 g/mol. The third-order valence-electron chi connectivity index (χ3n) is 12.3. The fraction of sp³-hybridized carbons (Fsp3) is 0.296. The molecule has 0 N–H and O–H groups in total. The fourth-order valence-corrected chi connectivity index (χ4v) is 8.98. The van der Waals surface area contributed by atoms with Crippen LogP contribution in [0.15, 0.2) is 146 Å². The van der Waals surface area contributed by atoms with Gasteiger partial charge >= 0.3 is 0 Å². The molecular weight excluding hydrogens is 733 g/mol. The maximum atomic E-state index is 2.48. The molecule has 7 aromatic rings. The first-order chi connectivity index (χ1) is 29.4. The molecule has 60 heavy (non-hydrogen) atoms. The van der Waals surface area contributed by atoms with Gasteiger partial charge < -0.3 is 29.4 Å². The molecular formula is C54H64N6. The summed E-state index contributed by atoms with van der Waals surface area (Å²) in [6.45, 7) is 25.5. The second-order valence-corrected chi connectivity index (χ2v) is 15.2. The van der Waals surface area contributed by atoms with E-state index in [0.717, 1.165) is 75.1 Å². The molecule has 0 saturated heterocycles. The van der Waals surface area contributed by atoms with Crippen LogP contribution >= 0.6 is 0 Å². The number of hydrogen-bond donors (Lipinski definition) is 0. The van der Waals surface area contributed by atoms with Crippen LogP contribution in [0.25, 0.3) is 21.5 Å². The lowest BCUT2D eigenvalue weighted by atomic mass is 9.95. The Morgan fingerprint density at radius 1 is 0.233 bits per heavy atom. The molecule has 7 aromatic carbocycles. The normalized spacial score (nSPS) is 11.2. The number of hydrogen-bond acceptors (Lipinski definition) is 6. The van der Waals surface area contributed by atoms with Crippen LogP contribution < -0.4 is 29.4 Å². The van der Waals surface area contributed by atoms with Gasteiger partial charge in [-0.1, -0.05) is 48.5 Å². The highest BCUT2D eigenvalue weighted by molar-refractivity contribution is 6.23. The van der Waals surface area contributed by atoms with Crippen molar-refractivity contribution in [2.75, 3.05) is 81.8 Å². The van der Waals surface area contributed by atoms with E-state index in [-0.39, 0.29) is 0 Å². The molecule has 0 atom stereocenters. The third kappa shape index (κ3) is 8.21. The lowest BCUT2D eigenvalue weighted by Gasteiger charge is -2.33. The Labute approximate surface area is 359 Å². The Morgan fingerprint density at radius 2 is 0.400 bits per heavy atom. The largest absolute Gasteiger partial charge is 0.372 e. The van der Waals surface area contributed by atoms with Crippen molar-refractivity contribution in [2.24, 2.45) is 0 Å². The van der Waals surface area contributed by atoms with E-state index in [1.54, 1.807) is 0 Å². The predicted molar refractivity (Wildman–Crippen MR) is 265 cm³/mol. The van der Waals surface area contributed by atoms with Crippen molar-refractivity contribution in [2.45, 2.75) is 55.4 Å². The fourth-order valence-electron chi connectivity index (χ4n) is 8.98. The van der Waals surface area contributed by atoms with Crippen LogP contribution in [-0.2, 0) is 0 Å². The molecule has 0 unspecified atom stereocenters. The summed E-state index contributed by atoms with van der Waals surface area (Å²) in [6.07, 6.45) is 0. The van der Waals surface area contributed by atoms with Gasteiger partial charge in [-0.25, -0.2) is 0 Å². The van der Waals surface area contributed by atoms with Crippen LogP contribution in [0.2, 0.25) is 0 Å². The molecule has 0 aliphatic heterocycles. The summed E-state index contributed by atoms with van der Waals surface area (Å²) < 4.78 is 0. The summed E-state index contributed by atoms with van der Waals surface area (Å²) in [5, 5.41) is 4.76. The lowest BCUT2D eigenvalue weighted by Crippen LogP contribution is -2.22. The van der Waals surface area contributed by atoms with Crippen molar-refractivity contribution in [3.63, 3.8) is 0 Å². The molecule has 6 nitrogen and oxygen atoms in total. The Kier molecular flexibility index (Phi) is 13.5. The van der Waals surface area contributed by atoms with Gasteiger partial charge in [0, 0.05) is 119 Å². The zero-order chi connectivity index (χ0) is 42.2. The first-order valence-corrected chi connectivity index (χ1v) is 22.4. The Bertz CT molecular complexity index is 2080. The van der Waals surface area contributed by atoms with Gasteiger partial charge in [0.05, 0.1) is 11.4 Å². The maximum Gasteiger partial charge on any atom is 0.0619 e. The number of rotatable bonds is 18. The quantitative estimate of drug-likeness (QED) is 0.0632. The molecule has 0 spiro atoms. The average Bonchev–Trinajstić information content (AvgIpc) is 3.30. The van der Waals surface area contributed by atoms with E-state index in [0.29, 0.717) is 0 Å². The molecule has 0 aromatic heterocycles. The third-order valence-corrected chi connectivity index (χ3v) is 12.3. The molecule has 7 rings (SSSR count). The minimum absolute atomic E-state index is 0.968. The number of anilines is 10. The van der Waals surface area contributed by atoms with E-state index in [1.165, 1.54) is 55.7 Å². The smallest absolute Gasteiger partial charge is 0.0619 e. The van der Waals surface area contributed by atoms with E-state index in [4.69, 9.17) is 0 Å². The molecule has 0 bridgehead atoms. The van der Waals surface area contributed by atoms with Gasteiger partial charge in [0.15, 0.2) is 0 Å². The molecule has 6 heteroatoms. The SMILES string of the molecule is CCN(CC)c1ccc(N(c2ccc(N(CC)CC)cc2)c2c3ccccc3c(N(c3ccc(N(CC)CC)cc3)c3ccc(N(CC)CC)cc3)c3ccccc23)cc1. The van der Waals surface area contributed by atoms with Crippen LogP contribution in [0.4, 0.5) is 56.9 Å². The zero-order valence-electron chi connectivity index (χ0n) is 37.2. The van der Waals surface area contributed by atoms with Gasteiger partial charge in [0.25, 0.3) is 0 Å². The van der Waals surface area contributed by atoms with Gasteiger partial charge in [-0.3, -0.25) is 0 Å². The second kappa shape index (κ2) is 19.3. The maximum absolute atomic E-state index is 2.48. The zero-order valence-corrected chi connectivity index (χ0v) is 37.2. The van der Waals surface area contributed by atoms with Crippen LogP contribution in [0, 0.1) is 0 Å². The van der Waals surface area contributed by atoms with Crippen molar-refractivity contribution in [1.82, 2.24) is 0 Å². The topological polar surface area (TPSA) is 19.4 Å². The summed E-state index contributed by atoms with van der Waals surface area (Å²) in [4.78, 5) is 14.6. The highest BCUT2D eigenvalue weighted by atomic mass is 15.2. The molecule has 0 aliphatic carbocycles. The molecule has 0 amide bonds. The Balaban J connectivity index is 1.51. The first-order valence-electron chi connectivity index (χ1n) is 22.4. The average molecular weight is 797 g/mol. The highest BCUT2D eigenvalue weighted by Gasteiger charge is 2.26. The van der Waals surface area contributed by atoms with Gasteiger partial charge in [-0.2, -0.15) is 0 Å². The van der Waals surface area contributed by atoms with Crippen molar-refractivity contribution in [3.05, 3.63) is 146 Å². The summed E-state index contributed by atoms with van der Waals surface area (Å²) in [5.41, 5.74) is 11.8. The van der Waals surface area contributed by atoms with E-state index in [9.17, 15) is 0 Å². The lowest BCUT2D eigenvalue weighted by molar-refractivity contribution is 0.866. The second-order valence-electron chi connectivity index (χ2n) is 15.2. The number of nitrogens with zero attached hydrogens (tertiary/aromatic N) is 6. The summed E-state index contributed by atoms with van der Waals surface area (Å²) in [5.74, 6) is 0. The van der Waals surface area contributed by atoms with E-state index >= 15 is 0 Å². The summed E-state index contributed by atoms with van der Waals surface area (Å²) in [6, 6.07) is 54.6. The van der Waals surface area contributed by atoms with Gasteiger partial charge in [0.2, 0.25) is 0 Å². The minimum atomic E-state index is 0.968. The Morgan fingerprint density at radius 3 is 0.567 bits per heavy atom. The van der Waals surface area contributed by atoms with Gasteiger partial charge in [-0.05, 0) is 152 Å². The predicted octanol–water partition coefficient (Wildman–Crippen LogP) is 14.3. The number of fused-ring (bicyclic) bond motifs is 2. The van der Waals surface area contributed by atoms with Crippen LogP contribution in [0.1, 0.15) is 55.4 Å². The van der Waals surface area contributed by atoms with Crippen molar-refractivity contribution < 1.29 is 0 Å². The highest BCUT2D eigenvalue weighted by Crippen LogP contribution is 2.51. The summed E-state index contributed by atoms with van der Waals surface area (Å²) >= 11 is 0. The molecule has 0 heterocycles. The Hall–Kier alpha value is -6.14. The van der Waals surface area contributed by atoms with Crippen molar-refractivity contribution >= 4 is 78.4 Å². The molecule has 0 aliphatic rings. The first kappa shape index (κ1) is 42.0. The number of benzene rings is 7. The van der Waals surface area contributed by atoms with E-state index in [2.05, 4.69) is 230 Å². The molecule has 0 fully saturated rings. The van der Waals surface area contributed by atoms with Crippen LogP contribution in [-0.4, -0.2) is 52.4 Å². The minimum Gasteiger partial charge on any atom is -0.372 e. The molecule has 0 radical (unpaired) electrons. The standard InChI is InChI=1S/C54H64N6/c1-9-55(10-2)41-25-33-45(34-26-41)59(46-35-27-42(28-36-46)56(11-3)12-4)53-49-21-17-19-23-51(49)54(52-24-20-18-22-50(52)53)60(47-37-29-43(30-38-47)57(13-5)14-6)48-39-31-44(32-40-48)58(15-7)16-8/h17-40H,9-16H2,1-8H3. The van der Waals surface area contributed by atoms with Crippen molar-refractivity contribution in [1.29, 1.82) is 0 Å². The van der Waals surface area contributed by atoms with Crippen molar-refractivity contribution in [3.8, 4) is 0 Å².